The van der Waals surface area contributed by atoms with Gasteiger partial charge in [-0.15, -0.1) is 0 Å². The Labute approximate surface area is 130 Å². The number of aryl methyl sites for hydroxylation is 1. The first-order valence-corrected chi connectivity index (χ1v) is 7.31. The normalized spacial score (nSPS) is 17.8. The van der Waals surface area contributed by atoms with E-state index in [9.17, 15) is 4.79 Å². The zero-order chi connectivity index (χ0) is 15.7. The summed E-state index contributed by atoms with van der Waals surface area (Å²) in [5.74, 6) is -0.0583. The van der Waals surface area contributed by atoms with Crippen molar-refractivity contribution < 1.29 is 4.79 Å². The maximum atomic E-state index is 12.5. The van der Waals surface area contributed by atoms with Crippen molar-refractivity contribution in [2.24, 2.45) is 4.99 Å². The Bertz CT molecular complexity index is 734. The summed E-state index contributed by atoms with van der Waals surface area (Å²) in [6.45, 7) is 2.06. The van der Waals surface area contributed by atoms with E-state index < -0.39 is 6.17 Å². The van der Waals surface area contributed by atoms with Crippen molar-refractivity contribution in [3.05, 3.63) is 65.2 Å². The molecule has 0 spiro atoms. The van der Waals surface area contributed by atoms with Gasteiger partial charge in [0.25, 0.3) is 5.91 Å². The first-order chi connectivity index (χ1) is 10.6. The number of hydrogen-bond donors (Lipinski definition) is 1. The SMILES string of the molecule is CNC1N=C(c2ccc(C)cc2)c2ccccc2N(C)C1=O. The van der Waals surface area contributed by atoms with Gasteiger partial charge in [0, 0.05) is 18.2 Å². The molecule has 112 valence electrons. The third kappa shape index (κ3) is 2.42. The summed E-state index contributed by atoms with van der Waals surface area (Å²) in [6.07, 6.45) is -0.575. The Balaban J connectivity index is 2.22. The molecule has 4 heteroatoms. The molecule has 3 rings (SSSR count). The number of amides is 1. The Morgan fingerprint density at radius 2 is 1.77 bits per heavy atom. The molecule has 0 aliphatic carbocycles. The molecule has 1 aliphatic rings. The topological polar surface area (TPSA) is 44.7 Å². The van der Waals surface area contributed by atoms with Gasteiger partial charge in [-0.2, -0.15) is 0 Å². The molecule has 0 saturated heterocycles. The largest absolute Gasteiger partial charge is 0.312 e. The first kappa shape index (κ1) is 14.5. The van der Waals surface area contributed by atoms with Gasteiger partial charge in [-0.3, -0.25) is 15.1 Å². The maximum Gasteiger partial charge on any atom is 0.266 e. The van der Waals surface area contributed by atoms with Crippen LogP contribution in [0.3, 0.4) is 0 Å². The fourth-order valence-corrected chi connectivity index (χ4v) is 2.65. The monoisotopic (exact) mass is 293 g/mol. The van der Waals surface area contributed by atoms with Crippen molar-refractivity contribution in [1.29, 1.82) is 0 Å². The van der Waals surface area contributed by atoms with Crippen LogP contribution in [0.15, 0.2) is 53.5 Å². The molecule has 22 heavy (non-hydrogen) atoms. The van der Waals surface area contributed by atoms with Gasteiger partial charge in [0.15, 0.2) is 6.17 Å². The van der Waals surface area contributed by atoms with Gasteiger partial charge in [-0.05, 0) is 20.0 Å². The number of anilines is 1. The van der Waals surface area contributed by atoms with E-state index in [1.807, 2.05) is 36.4 Å². The second-order valence-corrected chi connectivity index (χ2v) is 5.45. The number of carbonyl (C=O) groups is 1. The molecule has 1 aliphatic heterocycles. The second-order valence-electron chi connectivity index (χ2n) is 5.45. The predicted molar refractivity (Wildman–Crippen MR) is 89.5 cm³/mol. The zero-order valence-electron chi connectivity index (χ0n) is 13.0. The second kappa shape index (κ2) is 5.73. The summed E-state index contributed by atoms with van der Waals surface area (Å²) in [6, 6.07) is 16.1. The molecular weight excluding hydrogens is 274 g/mol. The van der Waals surface area contributed by atoms with E-state index >= 15 is 0 Å². The Morgan fingerprint density at radius 1 is 1.09 bits per heavy atom. The lowest BCUT2D eigenvalue weighted by Gasteiger charge is -2.19. The van der Waals surface area contributed by atoms with Gasteiger partial charge in [0.1, 0.15) is 0 Å². The van der Waals surface area contributed by atoms with Crippen LogP contribution >= 0.6 is 0 Å². The van der Waals surface area contributed by atoms with Gasteiger partial charge in [-0.25, -0.2) is 0 Å². The molecule has 1 heterocycles. The highest BCUT2D eigenvalue weighted by atomic mass is 16.2. The number of fused-ring (bicyclic) bond motifs is 1. The quantitative estimate of drug-likeness (QED) is 0.924. The minimum Gasteiger partial charge on any atom is -0.312 e. The molecule has 0 aromatic heterocycles. The Morgan fingerprint density at radius 3 is 2.45 bits per heavy atom. The summed E-state index contributed by atoms with van der Waals surface area (Å²) in [7, 11) is 3.54. The molecule has 0 saturated carbocycles. The number of carbonyl (C=O) groups excluding carboxylic acids is 1. The molecule has 0 fully saturated rings. The Hall–Kier alpha value is -2.46. The lowest BCUT2D eigenvalue weighted by molar-refractivity contribution is -0.119. The van der Waals surface area contributed by atoms with Crippen LogP contribution in [0.25, 0.3) is 0 Å². The van der Waals surface area contributed by atoms with Gasteiger partial charge < -0.3 is 4.90 Å². The summed E-state index contributed by atoms with van der Waals surface area (Å²) < 4.78 is 0. The number of likely N-dealkylation sites (N-methyl/N-ethyl adjacent to an activating group) is 2. The fraction of sp³-hybridized carbons (Fsp3) is 0.222. The number of nitrogens with one attached hydrogen (secondary N) is 1. The van der Waals surface area contributed by atoms with Crippen LogP contribution in [-0.2, 0) is 4.79 Å². The molecular formula is C18H19N3O. The van der Waals surface area contributed by atoms with Crippen molar-refractivity contribution >= 4 is 17.3 Å². The van der Waals surface area contributed by atoms with Crippen LogP contribution in [0.5, 0.6) is 0 Å². The lowest BCUT2D eigenvalue weighted by atomic mass is 9.99. The van der Waals surface area contributed by atoms with Crippen molar-refractivity contribution in [2.75, 3.05) is 19.0 Å². The molecule has 1 N–H and O–H groups in total. The van der Waals surface area contributed by atoms with Crippen molar-refractivity contribution in [3.8, 4) is 0 Å². The summed E-state index contributed by atoms with van der Waals surface area (Å²) in [5.41, 5.74) is 4.91. The van der Waals surface area contributed by atoms with E-state index in [1.54, 1.807) is 19.0 Å². The number of benzene rings is 2. The molecule has 0 bridgehead atoms. The standard InChI is InChI=1S/C18H19N3O/c1-12-8-10-13(11-9-12)16-14-6-4-5-7-15(14)21(3)18(22)17(19-2)20-16/h4-11,17,19H,1-3H3. The van der Waals surface area contributed by atoms with Gasteiger partial charge in [0.05, 0.1) is 11.4 Å². The van der Waals surface area contributed by atoms with Crippen LogP contribution in [0.1, 0.15) is 16.7 Å². The van der Waals surface area contributed by atoms with E-state index in [1.165, 1.54) is 5.56 Å². The molecule has 4 nitrogen and oxygen atoms in total. The third-order valence-corrected chi connectivity index (χ3v) is 3.94. The highest BCUT2D eigenvalue weighted by Crippen LogP contribution is 2.27. The zero-order valence-corrected chi connectivity index (χ0v) is 13.0. The minimum absolute atomic E-state index is 0.0583. The number of nitrogens with zero attached hydrogens (tertiary/aromatic N) is 2. The molecule has 1 atom stereocenters. The van der Waals surface area contributed by atoms with Crippen molar-refractivity contribution in [2.45, 2.75) is 13.1 Å². The van der Waals surface area contributed by atoms with Crippen molar-refractivity contribution in [1.82, 2.24) is 5.32 Å². The molecule has 2 aromatic carbocycles. The van der Waals surface area contributed by atoms with Crippen LogP contribution in [0, 0.1) is 6.92 Å². The molecule has 2 aromatic rings. The molecule has 1 amide bonds. The Kier molecular flexibility index (Phi) is 3.77. The maximum absolute atomic E-state index is 12.5. The van der Waals surface area contributed by atoms with E-state index in [-0.39, 0.29) is 5.91 Å². The number of aliphatic imine (C=N–C) groups is 1. The van der Waals surface area contributed by atoms with E-state index in [2.05, 4.69) is 29.4 Å². The number of rotatable bonds is 2. The summed E-state index contributed by atoms with van der Waals surface area (Å²) >= 11 is 0. The number of hydrogen-bond acceptors (Lipinski definition) is 3. The first-order valence-electron chi connectivity index (χ1n) is 7.31. The molecule has 0 radical (unpaired) electrons. The summed E-state index contributed by atoms with van der Waals surface area (Å²) in [4.78, 5) is 18.9. The van der Waals surface area contributed by atoms with Crippen LogP contribution in [0.2, 0.25) is 0 Å². The van der Waals surface area contributed by atoms with E-state index in [4.69, 9.17) is 0 Å². The van der Waals surface area contributed by atoms with E-state index in [0.717, 1.165) is 22.5 Å². The van der Waals surface area contributed by atoms with Crippen LogP contribution in [-0.4, -0.2) is 31.9 Å². The minimum atomic E-state index is -0.575. The van der Waals surface area contributed by atoms with Gasteiger partial charge in [-0.1, -0.05) is 48.0 Å². The number of para-hydroxylation sites is 1. The van der Waals surface area contributed by atoms with E-state index in [0.29, 0.717) is 0 Å². The predicted octanol–water partition coefficient (Wildman–Crippen LogP) is 2.35. The lowest BCUT2D eigenvalue weighted by Crippen LogP contribution is -2.41. The van der Waals surface area contributed by atoms with Gasteiger partial charge >= 0.3 is 0 Å². The number of benzodiazepines with no additional fused rings is 1. The average Bonchev–Trinajstić information content (AvgIpc) is 2.65. The average molecular weight is 293 g/mol. The third-order valence-electron chi connectivity index (χ3n) is 3.94. The van der Waals surface area contributed by atoms with Gasteiger partial charge in [0.2, 0.25) is 0 Å². The summed E-state index contributed by atoms with van der Waals surface area (Å²) in [5, 5.41) is 2.99. The fourth-order valence-electron chi connectivity index (χ4n) is 2.65. The van der Waals surface area contributed by atoms with Crippen LogP contribution < -0.4 is 10.2 Å². The molecule has 1 unspecified atom stereocenters. The highest BCUT2D eigenvalue weighted by molar-refractivity contribution is 6.19. The van der Waals surface area contributed by atoms with Crippen LogP contribution in [0.4, 0.5) is 5.69 Å². The highest BCUT2D eigenvalue weighted by Gasteiger charge is 2.28. The smallest absolute Gasteiger partial charge is 0.266 e. The van der Waals surface area contributed by atoms with Crippen molar-refractivity contribution in [3.63, 3.8) is 0 Å².